The molecular formula is C23H29N3O2. The van der Waals surface area contributed by atoms with Crippen molar-refractivity contribution in [1.82, 2.24) is 4.90 Å². The molecule has 0 saturated heterocycles. The molecule has 1 aliphatic carbocycles. The molecule has 1 fully saturated rings. The van der Waals surface area contributed by atoms with Gasteiger partial charge in [-0.15, -0.1) is 0 Å². The monoisotopic (exact) mass is 379 g/mol. The summed E-state index contributed by atoms with van der Waals surface area (Å²) in [4.78, 5) is 28.5. The topological polar surface area (TPSA) is 66.6 Å². The zero-order chi connectivity index (χ0) is 19.9. The predicted molar refractivity (Wildman–Crippen MR) is 112 cm³/mol. The van der Waals surface area contributed by atoms with Crippen molar-refractivity contribution in [2.75, 3.05) is 24.5 Å². The van der Waals surface area contributed by atoms with Gasteiger partial charge >= 0.3 is 0 Å². The summed E-state index contributed by atoms with van der Waals surface area (Å²) in [6.45, 7) is 3.69. The van der Waals surface area contributed by atoms with E-state index in [2.05, 4.69) is 24.0 Å². The molecule has 0 bridgehead atoms. The minimum Gasteiger partial charge on any atom is -0.370 e. The van der Waals surface area contributed by atoms with Gasteiger partial charge in [0.2, 0.25) is 11.8 Å². The smallest absolute Gasteiger partial charge is 0.241 e. The summed E-state index contributed by atoms with van der Waals surface area (Å²) in [5, 5.41) is 0. The molecule has 1 atom stereocenters. The van der Waals surface area contributed by atoms with Gasteiger partial charge in [-0.05, 0) is 43.4 Å². The molecule has 3 rings (SSSR count). The van der Waals surface area contributed by atoms with Crippen LogP contribution in [0.15, 0.2) is 60.7 Å². The molecule has 2 aromatic carbocycles. The van der Waals surface area contributed by atoms with Gasteiger partial charge in [-0.1, -0.05) is 48.5 Å². The normalized spacial score (nSPS) is 14.6. The van der Waals surface area contributed by atoms with Crippen molar-refractivity contribution in [2.45, 2.75) is 32.2 Å². The Hall–Kier alpha value is -2.66. The van der Waals surface area contributed by atoms with Gasteiger partial charge < -0.3 is 10.6 Å². The van der Waals surface area contributed by atoms with Gasteiger partial charge in [0.15, 0.2) is 0 Å². The number of carbonyl (C=O) groups is 2. The van der Waals surface area contributed by atoms with Gasteiger partial charge in [0.25, 0.3) is 0 Å². The van der Waals surface area contributed by atoms with Crippen molar-refractivity contribution >= 4 is 17.5 Å². The second kappa shape index (κ2) is 9.51. The molecule has 5 nitrogen and oxygen atoms in total. The Balaban J connectivity index is 1.76. The zero-order valence-corrected chi connectivity index (χ0v) is 16.5. The highest BCUT2D eigenvalue weighted by Crippen LogP contribution is 2.33. The van der Waals surface area contributed by atoms with Crippen molar-refractivity contribution in [3.05, 3.63) is 66.2 Å². The lowest BCUT2D eigenvalue weighted by Crippen LogP contribution is -2.43. The van der Waals surface area contributed by atoms with Gasteiger partial charge in [-0.25, -0.2) is 0 Å². The summed E-state index contributed by atoms with van der Waals surface area (Å²) in [5.41, 5.74) is 7.34. The molecule has 2 N–H and O–H groups in total. The van der Waals surface area contributed by atoms with E-state index in [1.807, 2.05) is 48.5 Å². The number of amides is 2. The summed E-state index contributed by atoms with van der Waals surface area (Å²) >= 11 is 0. The first kappa shape index (κ1) is 20.1. The molecule has 2 amide bonds. The highest BCUT2D eigenvalue weighted by molar-refractivity contribution is 5.95. The van der Waals surface area contributed by atoms with Crippen molar-refractivity contribution in [3.8, 4) is 0 Å². The van der Waals surface area contributed by atoms with E-state index in [0.717, 1.165) is 12.2 Å². The van der Waals surface area contributed by atoms with E-state index in [-0.39, 0.29) is 18.4 Å². The van der Waals surface area contributed by atoms with Gasteiger partial charge in [0, 0.05) is 31.2 Å². The number of para-hydroxylation sites is 1. The first-order valence-electron chi connectivity index (χ1n) is 9.97. The Labute approximate surface area is 167 Å². The molecule has 0 radical (unpaired) electrons. The minimum absolute atomic E-state index is 0.00381. The number of nitrogens with two attached hydrogens (primary N) is 1. The van der Waals surface area contributed by atoms with Crippen LogP contribution in [0.3, 0.4) is 0 Å². The Morgan fingerprint density at radius 3 is 2.21 bits per heavy atom. The maximum Gasteiger partial charge on any atom is 0.241 e. The van der Waals surface area contributed by atoms with Crippen LogP contribution in [0, 0.1) is 5.92 Å². The van der Waals surface area contributed by atoms with Crippen molar-refractivity contribution < 1.29 is 9.59 Å². The van der Waals surface area contributed by atoms with Crippen LogP contribution in [-0.2, 0) is 9.59 Å². The maximum atomic E-state index is 13.2. The van der Waals surface area contributed by atoms with Gasteiger partial charge in [-0.2, -0.15) is 0 Å². The first-order chi connectivity index (χ1) is 13.5. The highest BCUT2D eigenvalue weighted by Gasteiger charge is 2.29. The lowest BCUT2D eigenvalue weighted by Gasteiger charge is -2.32. The van der Waals surface area contributed by atoms with E-state index in [9.17, 15) is 9.59 Å². The second-order valence-electron chi connectivity index (χ2n) is 7.56. The van der Waals surface area contributed by atoms with Crippen LogP contribution < -0.4 is 10.6 Å². The summed E-state index contributed by atoms with van der Waals surface area (Å²) in [5.74, 6) is 0.270. The molecule has 5 heteroatoms. The van der Waals surface area contributed by atoms with E-state index in [1.165, 1.54) is 18.4 Å². The van der Waals surface area contributed by atoms with Crippen LogP contribution in [0.1, 0.15) is 37.8 Å². The van der Waals surface area contributed by atoms with E-state index >= 15 is 0 Å². The molecule has 0 aliphatic heterocycles. The lowest BCUT2D eigenvalue weighted by molar-refractivity contribution is -0.120. The van der Waals surface area contributed by atoms with E-state index in [4.69, 9.17) is 5.73 Å². The fourth-order valence-corrected chi connectivity index (χ4v) is 3.42. The van der Waals surface area contributed by atoms with Crippen LogP contribution in [0.4, 0.5) is 5.69 Å². The number of hydrogen-bond acceptors (Lipinski definition) is 3. The van der Waals surface area contributed by atoms with Crippen molar-refractivity contribution in [1.29, 1.82) is 0 Å². The highest BCUT2D eigenvalue weighted by atomic mass is 16.2. The average molecular weight is 380 g/mol. The molecule has 1 unspecified atom stereocenters. The van der Waals surface area contributed by atoms with E-state index in [0.29, 0.717) is 19.0 Å². The number of benzene rings is 2. The predicted octanol–water partition coefficient (Wildman–Crippen LogP) is 3.37. The Morgan fingerprint density at radius 1 is 1.04 bits per heavy atom. The minimum atomic E-state index is -0.402. The summed E-state index contributed by atoms with van der Waals surface area (Å²) in [6, 6.07) is 19.9. The summed E-state index contributed by atoms with van der Waals surface area (Å²) in [6.07, 6.45) is 2.62. The van der Waals surface area contributed by atoms with Crippen LogP contribution in [0.5, 0.6) is 0 Å². The fourth-order valence-electron chi connectivity index (χ4n) is 3.42. The number of nitrogens with zero attached hydrogens (tertiary/aromatic N) is 2. The van der Waals surface area contributed by atoms with Crippen molar-refractivity contribution in [3.63, 3.8) is 0 Å². The molecule has 0 spiro atoms. The third-order valence-corrected chi connectivity index (χ3v) is 5.31. The average Bonchev–Trinajstić information content (AvgIpc) is 3.52. The van der Waals surface area contributed by atoms with E-state index < -0.39 is 5.91 Å². The Bertz CT molecular complexity index is 775. The first-order valence-corrected chi connectivity index (χ1v) is 9.97. The second-order valence-corrected chi connectivity index (χ2v) is 7.56. The summed E-state index contributed by atoms with van der Waals surface area (Å²) < 4.78 is 0. The number of rotatable bonds is 10. The largest absolute Gasteiger partial charge is 0.370 e. The number of carbonyl (C=O) groups excluding carboxylic acids is 2. The fraction of sp³-hybridized carbons (Fsp3) is 0.391. The number of hydrogen-bond donors (Lipinski definition) is 1. The third-order valence-electron chi connectivity index (χ3n) is 5.31. The van der Waals surface area contributed by atoms with E-state index in [1.54, 1.807) is 4.90 Å². The molecular weight excluding hydrogens is 350 g/mol. The van der Waals surface area contributed by atoms with Gasteiger partial charge in [0.1, 0.15) is 0 Å². The maximum absolute atomic E-state index is 13.2. The quantitative estimate of drug-likeness (QED) is 0.688. The number of primary amides is 1. The molecule has 1 aliphatic rings. The molecule has 2 aromatic rings. The van der Waals surface area contributed by atoms with Gasteiger partial charge in [0.05, 0.1) is 6.54 Å². The third kappa shape index (κ3) is 5.67. The van der Waals surface area contributed by atoms with Crippen molar-refractivity contribution in [2.24, 2.45) is 11.7 Å². The number of anilines is 1. The zero-order valence-electron chi connectivity index (χ0n) is 16.5. The summed E-state index contributed by atoms with van der Waals surface area (Å²) in [7, 11) is 0. The Morgan fingerprint density at radius 2 is 1.64 bits per heavy atom. The SMILES string of the molecule is CC(c1ccccc1)N(CC(=O)N(CCC(N)=O)c1ccccc1)CC1CC1. The van der Waals surface area contributed by atoms with Crippen LogP contribution in [0.2, 0.25) is 0 Å². The van der Waals surface area contributed by atoms with Crippen LogP contribution in [0.25, 0.3) is 0 Å². The molecule has 0 aromatic heterocycles. The lowest BCUT2D eigenvalue weighted by atomic mass is 10.1. The van der Waals surface area contributed by atoms with Gasteiger partial charge in [-0.3, -0.25) is 14.5 Å². The Kier molecular flexibility index (Phi) is 6.82. The standard InChI is InChI=1S/C23H29N3O2/c1-18(20-8-4-2-5-9-20)25(16-19-12-13-19)17-23(28)26(15-14-22(24)27)21-10-6-3-7-11-21/h2-11,18-19H,12-17H2,1H3,(H2,24,27). The van der Waals surface area contributed by atoms with Crippen LogP contribution >= 0.6 is 0 Å². The molecule has 0 heterocycles. The molecule has 1 saturated carbocycles. The molecule has 148 valence electrons. The van der Waals surface area contributed by atoms with Crippen LogP contribution in [-0.4, -0.2) is 36.3 Å². The molecule has 28 heavy (non-hydrogen) atoms.